The molecule has 1 aliphatic carbocycles. The van der Waals surface area contributed by atoms with E-state index in [1.54, 1.807) is 52.0 Å². The number of morpholine rings is 1. The van der Waals surface area contributed by atoms with E-state index in [2.05, 4.69) is 16.0 Å². The lowest BCUT2D eigenvalue weighted by atomic mass is 9.95. The first-order valence-electron chi connectivity index (χ1n) is 22.6. The van der Waals surface area contributed by atoms with Gasteiger partial charge >= 0.3 is 6.09 Å². The lowest BCUT2D eigenvalue weighted by molar-refractivity contribution is -0.122. The summed E-state index contributed by atoms with van der Waals surface area (Å²) in [6.45, 7) is 4.66. The number of anilines is 1. The number of carbonyl (C=O) groups excluding carboxylic acids is 4. The number of benzene rings is 5. The quantitative estimate of drug-likeness (QED) is 0.0766. The molecule has 71 heavy (non-hydrogen) atoms. The summed E-state index contributed by atoms with van der Waals surface area (Å²) in [6.07, 6.45) is -1.32. The second-order valence-corrected chi connectivity index (χ2v) is 20.2. The Hall–Kier alpha value is -6.96. The molecule has 20 heteroatoms. The molecule has 368 valence electrons. The van der Waals surface area contributed by atoms with Crippen molar-refractivity contribution >= 4 is 62.8 Å². The summed E-state index contributed by atoms with van der Waals surface area (Å²) >= 11 is 13.0. The van der Waals surface area contributed by atoms with Crippen molar-refractivity contribution < 1.29 is 51.1 Å². The Balaban J connectivity index is 0.895. The van der Waals surface area contributed by atoms with Gasteiger partial charge in [-0.3, -0.25) is 18.9 Å². The van der Waals surface area contributed by atoms with Gasteiger partial charge in [0.15, 0.2) is 5.69 Å². The topological polar surface area (TPSA) is 217 Å². The van der Waals surface area contributed by atoms with Crippen molar-refractivity contribution in [2.75, 3.05) is 51.1 Å². The Morgan fingerprint density at radius 3 is 2.28 bits per heavy atom. The maximum atomic E-state index is 14.4. The van der Waals surface area contributed by atoms with Gasteiger partial charge in [-0.05, 0) is 78.1 Å². The van der Waals surface area contributed by atoms with E-state index >= 15 is 0 Å². The summed E-state index contributed by atoms with van der Waals surface area (Å²) in [5, 5.41) is 13.2. The van der Waals surface area contributed by atoms with Gasteiger partial charge in [-0.2, -0.15) is 13.5 Å². The molecular weight excluding hydrogens is 976 g/mol. The van der Waals surface area contributed by atoms with Crippen LogP contribution < -0.4 is 25.4 Å². The van der Waals surface area contributed by atoms with Crippen molar-refractivity contribution in [2.24, 2.45) is 0 Å². The summed E-state index contributed by atoms with van der Waals surface area (Å²) in [5.74, 6) is -2.25. The van der Waals surface area contributed by atoms with Gasteiger partial charge in [0.05, 0.1) is 37.2 Å². The molecule has 0 saturated carbocycles. The van der Waals surface area contributed by atoms with Crippen LogP contribution >= 0.6 is 23.2 Å². The monoisotopic (exact) mass is 1020 g/mol. The van der Waals surface area contributed by atoms with Gasteiger partial charge in [-0.1, -0.05) is 83.9 Å². The molecule has 4 N–H and O–H groups in total. The van der Waals surface area contributed by atoms with Gasteiger partial charge in [0.1, 0.15) is 36.5 Å². The van der Waals surface area contributed by atoms with Crippen molar-refractivity contribution in [3.05, 3.63) is 136 Å². The number of rotatable bonds is 14. The maximum absolute atomic E-state index is 14.4. The van der Waals surface area contributed by atoms with Crippen molar-refractivity contribution in [3.63, 3.8) is 0 Å². The molecule has 4 amide bonds. The lowest BCUT2D eigenvalue weighted by Gasteiger charge is -2.41. The zero-order valence-corrected chi connectivity index (χ0v) is 41.0. The number of nitrogens with one attached hydrogen (secondary N) is 3. The van der Waals surface area contributed by atoms with E-state index in [0.717, 1.165) is 22.3 Å². The number of halogens is 2. The van der Waals surface area contributed by atoms with Crippen LogP contribution in [0.5, 0.6) is 11.5 Å². The Kier molecular flexibility index (Phi) is 13.8. The van der Waals surface area contributed by atoms with Crippen molar-refractivity contribution in [3.8, 4) is 50.7 Å². The van der Waals surface area contributed by atoms with Gasteiger partial charge in [0.2, 0.25) is 11.8 Å². The van der Waals surface area contributed by atoms with Gasteiger partial charge in [-0.15, -0.1) is 0 Å². The Bertz CT molecular complexity index is 3150. The Morgan fingerprint density at radius 1 is 0.901 bits per heavy atom. The van der Waals surface area contributed by atoms with E-state index in [4.69, 9.17) is 47.2 Å². The SMILES string of the molecule is COc1cc2c(cc1-c1cccc(NC(=O)CCNC(=O)[C@H](CS(=O)(=O)O)NC(=O)OCC3c4ccccc4-c4ccccc43)c1)-c1c(c(C(=O)N3CCOCC3(C)C)nn1-c1cc(Cl)cc(Cl)c1)CO2. The van der Waals surface area contributed by atoms with Crippen molar-refractivity contribution in [1.82, 2.24) is 25.3 Å². The third kappa shape index (κ3) is 10.4. The van der Waals surface area contributed by atoms with E-state index in [1.165, 1.54) is 7.11 Å². The largest absolute Gasteiger partial charge is 0.496 e. The number of ether oxygens (including phenoxy) is 4. The molecule has 2 aliphatic heterocycles. The number of aromatic nitrogens is 2. The normalized spacial score (nSPS) is 15.0. The molecule has 3 heterocycles. The first-order chi connectivity index (χ1) is 34.0. The summed E-state index contributed by atoms with van der Waals surface area (Å²) in [6, 6.07) is 29.3. The molecular formula is C51H48Cl2N6O11S. The van der Waals surface area contributed by atoms with Gasteiger partial charge in [0.25, 0.3) is 16.0 Å². The van der Waals surface area contributed by atoms with Crippen molar-refractivity contribution in [1.29, 1.82) is 0 Å². The molecule has 5 aromatic carbocycles. The molecule has 0 spiro atoms. The highest BCUT2D eigenvalue weighted by Gasteiger charge is 2.40. The predicted molar refractivity (Wildman–Crippen MR) is 266 cm³/mol. The van der Waals surface area contributed by atoms with Crippen LogP contribution in [-0.4, -0.2) is 109 Å². The number of hydrogen-bond donors (Lipinski definition) is 4. The number of hydrogen-bond acceptors (Lipinski definition) is 11. The van der Waals surface area contributed by atoms with Crippen LogP contribution in [0.25, 0.3) is 39.2 Å². The molecule has 0 bridgehead atoms. The minimum atomic E-state index is -4.75. The average molecular weight is 1020 g/mol. The molecule has 1 aromatic heterocycles. The average Bonchev–Trinajstić information content (AvgIpc) is 3.88. The van der Waals surface area contributed by atoms with E-state index in [-0.39, 0.29) is 43.7 Å². The van der Waals surface area contributed by atoms with Crippen LogP contribution in [0.4, 0.5) is 10.5 Å². The highest BCUT2D eigenvalue weighted by molar-refractivity contribution is 7.85. The summed E-state index contributed by atoms with van der Waals surface area (Å²) in [5.41, 5.74) is 7.42. The fourth-order valence-corrected chi connectivity index (χ4v) is 10.4. The second-order valence-electron chi connectivity index (χ2n) is 17.8. The fraction of sp³-hybridized carbons (Fsp3) is 0.275. The summed E-state index contributed by atoms with van der Waals surface area (Å²) in [4.78, 5) is 55.7. The lowest BCUT2D eigenvalue weighted by Crippen LogP contribution is -2.55. The van der Waals surface area contributed by atoms with Crippen LogP contribution in [0.3, 0.4) is 0 Å². The van der Waals surface area contributed by atoms with Crippen LogP contribution in [0.15, 0.2) is 103 Å². The minimum Gasteiger partial charge on any atom is -0.496 e. The van der Waals surface area contributed by atoms with Gasteiger partial charge < -0.3 is 39.8 Å². The first-order valence-corrected chi connectivity index (χ1v) is 24.9. The number of nitrogens with zero attached hydrogens (tertiary/aromatic N) is 3. The van der Waals surface area contributed by atoms with Crippen LogP contribution in [-0.2, 0) is 35.8 Å². The van der Waals surface area contributed by atoms with E-state index < -0.39 is 45.4 Å². The van der Waals surface area contributed by atoms with Gasteiger partial charge in [0, 0.05) is 63.9 Å². The number of fused-ring (bicyclic) bond motifs is 6. The predicted octanol–water partition coefficient (Wildman–Crippen LogP) is 7.91. The fourth-order valence-electron chi connectivity index (χ4n) is 9.24. The molecule has 1 atom stereocenters. The van der Waals surface area contributed by atoms with Gasteiger partial charge in [-0.25, -0.2) is 9.48 Å². The molecule has 17 nitrogen and oxygen atoms in total. The van der Waals surface area contributed by atoms with E-state index in [1.807, 2.05) is 74.5 Å². The highest BCUT2D eigenvalue weighted by atomic mass is 35.5. The standard InChI is InChI=1S/C51H48Cl2N6O11S/c1-51(2)28-68-18-17-58(51)49(62)46-41-26-69-44-24-43(67-3)38(23-39(44)47(41)59(57-46)33-21-30(52)20-31(53)22-33)29-9-8-10-32(19-29)55-45(60)15-16-54-48(61)42(27-71(64,65)66)56-50(63)70-25-40-36-13-6-4-11-34(36)35-12-5-7-14-37(35)40/h4-14,19-24,40,42H,15-18,25-28H2,1-3H3,(H,54,61)(H,55,60)(H,56,63)(H,64,65,66)/t42-/m0/s1. The Morgan fingerprint density at radius 2 is 1.61 bits per heavy atom. The third-order valence-electron chi connectivity index (χ3n) is 12.5. The number of alkyl carbamates (subject to hydrolysis) is 1. The summed E-state index contributed by atoms with van der Waals surface area (Å²) < 4.78 is 58.5. The minimum absolute atomic E-state index is 0.0310. The smallest absolute Gasteiger partial charge is 0.407 e. The zero-order chi connectivity index (χ0) is 50.2. The van der Waals surface area contributed by atoms with Crippen molar-refractivity contribution in [2.45, 2.75) is 44.4 Å². The highest BCUT2D eigenvalue weighted by Crippen LogP contribution is 2.47. The van der Waals surface area contributed by atoms with Crippen LogP contribution in [0, 0.1) is 0 Å². The second kappa shape index (κ2) is 20.0. The molecule has 9 rings (SSSR count). The number of carbonyl (C=O) groups is 4. The number of amides is 4. The molecule has 1 saturated heterocycles. The molecule has 0 radical (unpaired) electrons. The maximum Gasteiger partial charge on any atom is 0.407 e. The number of methoxy groups -OCH3 is 1. The van der Waals surface area contributed by atoms with Crippen LogP contribution in [0.1, 0.15) is 53.4 Å². The zero-order valence-electron chi connectivity index (χ0n) is 38.7. The molecule has 1 fully saturated rings. The Labute approximate surface area is 419 Å². The van der Waals surface area contributed by atoms with Crippen LogP contribution in [0.2, 0.25) is 10.0 Å². The van der Waals surface area contributed by atoms with E-state index in [9.17, 15) is 32.1 Å². The molecule has 3 aliphatic rings. The molecule has 0 unspecified atom stereocenters. The molecule has 6 aromatic rings. The first kappa shape index (κ1) is 49.0. The third-order valence-corrected chi connectivity index (χ3v) is 13.7. The van der Waals surface area contributed by atoms with E-state index in [0.29, 0.717) is 80.6 Å². The summed E-state index contributed by atoms with van der Waals surface area (Å²) in [7, 11) is -3.23.